The first-order valence-electron chi connectivity index (χ1n) is 5.45. The highest BCUT2D eigenvalue weighted by Crippen LogP contribution is 2.21. The number of halogens is 2. The third-order valence-corrected chi connectivity index (χ3v) is 3.09. The summed E-state index contributed by atoms with van der Waals surface area (Å²) in [4.78, 5) is 12.1. The maximum absolute atomic E-state index is 9.45. The molecular weight excluding hydrogens is 287 g/mol. The first-order chi connectivity index (χ1) is 9.13. The Morgan fingerprint density at radius 1 is 1.21 bits per heavy atom. The van der Waals surface area contributed by atoms with Crippen LogP contribution in [-0.2, 0) is 6.54 Å². The van der Waals surface area contributed by atoms with Crippen LogP contribution in [0.25, 0.3) is 11.2 Å². The number of aromatic nitrogens is 4. The van der Waals surface area contributed by atoms with Crippen molar-refractivity contribution in [1.82, 2.24) is 19.5 Å². The predicted octanol–water partition coefficient (Wildman–Crippen LogP) is 2.89. The van der Waals surface area contributed by atoms with Crippen molar-refractivity contribution in [2.45, 2.75) is 6.54 Å². The van der Waals surface area contributed by atoms with Crippen LogP contribution in [0.1, 0.15) is 5.56 Å². The summed E-state index contributed by atoms with van der Waals surface area (Å²) < 4.78 is 1.80. The van der Waals surface area contributed by atoms with Crippen LogP contribution in [0.5, 0.6) is 5.75 Å². The van der Waals surface area contributed by atoms with Crippen LogP contribution in [0.15, 0.2) is 30.6 Å². The number of nitrogens with zero attached hydrogens (tertiary/aromatic N) is 4. The van der Waals surface area contributed by atoms with Gasteiger partial charge in [0.2, 0.25) is 5.28 Å². The van der Waals surface area contributed by atoms with E-state index >= 15 is 0 Å². The first-order valence-corrected chi connectivity index (χ1v) is 6.21. The zero-order valence-corrected chi connectivity index (χ0v) is 11.1. The molecule has 19 heavy (non-hydrogen) atoms. The van der Waals surface area contributed by atoms with Gasteiger partial charge in [-0.25, -0.2) is 9.97 Å². The number of hydrogen-bond acceptors (Lipinski definition) is 4. The number of rotatable bonds is 2. The molecule has 1 aromatic carbocycles. The number of imidazole rings is 1. The highest BCUT2D eigenvalue weighted by atomic mass is 35.5. The van der Waals surface area contributed by atoms with Gasteiger partial charge in [0.05, 0.1) is 12.9 Å². The van der Waals surface area contributed by atoms with Crippen LogP contribution in [0.3, 0.4) is 0 Å². The summed E-state index contributed by atoms with van der Waals surface area (Å²) in [6.45, 7) is 0.509. The van der Waals surface area contributed by atoms with E-state index in [9.17, 15) is 5.11 Å². The Morgan fingerprint density at radius 3 is 2.84 bits per heavy atom. The van der Waals surface area contributed by atoms with Gasteiger partial charge in [-0.2, -0.15) is 4.98 Å². The molecule has 0 aliphatic rings. The van der Waals surface area contributed by atoms with Crippen molar-refractivity contribution in [3.05, 3.63) is 46.6 Å². The third kappa shape index (κ3) is 2.34. The molecule has 0 aliphatic carbocycles. The van der Waals surface area contributed by atoms with Gasteiger partial charge < -0.3 is 9.67 Å². The van der Waals surface area contributed by atoms with Crippen LogP contribution in [-0.4, -0.2) is 24.6 Å². The highest BCUT2D eigenvalue weighted by molar-refractivity contribution is 6.35. The van der Waals surface area contributed by atoms with E-state index in [0.29, 0.717) is 17.7 Å². The van der Waals surface area contributed by atoms with Gasteiger partial charge in [-0.15, -0.1) is 0 Å². The molecule has 3 aromatic rings. The fourth-order valence-electron chi connectivity index (χ4n) is 1.85. The molecule has 0 amide bonds. The van der Waals surface area contributed by atoms with Crippen LogP contribution in [0.2, 0.25) is 10.4 Å². The minimum absolute atomic E-state index is 0.0789. The molecule has 0 bridgehead atoms. The Morgan fingerprint density at radius 2 is 2.05 bits per heavy atom. The Balaban J connectivity index is 2.06. The van der Waals surface area contributed by atoms with E-state index in [1.165, 1.54) is 0 Å². The number of benzene rings is 1. The lowest BCUT2D eigenvalue weighted by Gasteiger charge is -2.04. The number of aromatic hydroxyl groups is 1. The molecule has 2 aromatic heterocycles. The maximum Gasteiger partial charge on any atom is 0.225 e. The summed E-state index contributed by atoms with van der Waals surface area (Å²) >= 11 is 11.7. The van der Waals surface area contributed by atoms with E-state index in [1.807, 2.05) is 6.07 Å². The van der Waals surface area contributed by atoms with E-state index in [0.717, 1.165) is 5.56 Å². The minimum atomic E-state index is 0.0789. The maximum atomic E-state index is 9.45. The van der Waals surface area contributed by atoms with Gasteiger partial charge in [0, 0.05) is 0 Å². The molecule has 0 atom stereocenters. The van der Waals surface area contributed by atoms with Crippen LogP contribution in [0, 0.1) is 0 Å². The molecule has 2 heterocycles. The van der Waals surface area contributed by atoms with E-state index < -0.39 is 0 Å². The lowest BCUT2D eigenvalue weighted by Crippen LogP contribution is -1.99. The second-order valence-electron chi connectivity index (χ2n) is 4.00. The van der Waals surface area contributed by atoms with Gasteiger partial charge in [-0.05, 0) is 29.3 Å². The van der Waals surface area contributed by atoms with E-state index in [1.54, 1.807) is 29.1 Å². The van der Waals surface area contributed by atoms with Crippen molar-refractivity contribution in [3.63, 3.8) is 0 Å². The normalized spacial score (nSPS) is 11.1. The molecule has 0 saturated heterocycles. The van der Waals surface area contributed by atoms with Gasteiger partial charge in [-0.1, -0.05) is 23.7 Å². The van der Waals surface area contributed by atoms with Crippen LogP contribution >= 0.6 is 23.2 Å². The SMILES string of the molecule is Oc1cccc(Cn2cnc3c(Cl)nc(Cl)nc32)c1. The molecular formula is C12H8Cl2N4O. The number of phenols is 1. The molecule has 0 aliphatic heterocycles. The molecule has 96 valence electrons. The van der Waals surface area contributed by atoms with Crippen molar-refractivity contribution in [2.24, 2.45) is 0 Å². The number of fused-ring (bicyclic) bond motifs is 1. The molecule has 5 nitrogen and oxygen atoms in total. The van der Waals surface area contributed by atoms with E-state index in [-0.39, 0.29) is 16.2 Å². The molecule has 7 heteroatoms. The average Bonchev–Trinajstić information content (AvgIpc) is 2.73. The minimum Gasteiger partial charge on any atom is -0.508 e. The number of hydrogen-bond donors (Lipinski definition) is 1. The molecule has 0 spiro atoms. The first kappa shape index (κ1) is 12.2. The Hall–Kier alpha value is -1.85. The predicted molar refractivity (Wildman–Crippen MR) is 72.6 cm³/mol. The average molecular weight is 295 g/mol. The standard InChI is InChI=1S/C12H8Cl2N4O/c13-10-9-11(17-12(14)16-10)18(6-15-9)5-7-2-1-3-8(19)4-7/h1-4,6,19H,5H2. The Bertz CT molecular complexity index is 757. The van der Waals surface area contributed by atoms with Gasteiger partial charge in [-0.3, -0.25) is 0 Å². The monoisotopic (exact) mass is 294 g/mol. The molecule has 1 N–H and O–H groups in total. The zero-order chi connectivity index (χ0) is 13.4. The van der Waals surface area contributed by atoms with Crippen LogP contribution in [0.4, 0.5) is 0 Å². The molecule has 0 fully saturated rings. The summed E-state index contributed by atoms with van der Waals surface area (Å²) in [5.41, 5.74) is 1.99. The lowest BCUT2D eigenvalue weighted by molar-refractivity contribution is 0.474. The molecule has 0 saturated carbocycles. The van der Waals surface area contributed by atoms with Gasteiger partial charge >= 0.3 is 0 Å². The molecule has 3 rings (SSSR count). The largest absolute Gasteiger partial charge is 0.508 e. The van der Waals surface area contributed by atoms with Gasteiger partial charge in [0.25, 0.3) is 0 Å². The fraction of sp³-hybridized carbons (Fsp3) is 0.0833. The summed E-state index contributed by atoms with van der Waals surface area (Å²) in [6.07, 6.45) is 1.62. The quantitative estimate of drug-likeness (QED) is 0.583. The topological polar surface area (TPSA) is 63.8 Å². The number of phenolic OH excluding ortho intramolecular Hbond substituents is 1. The fourth-order valence-corrected chi connectivity index (χ4v) is 2.27. The second-order valence-corrected chi connectivity index (χ2v) is 4.69. The summed E-state index contributed by atoms with van der Waals surface area (Å²) in [5, 5.41) is 9.76. The van der Waals surface area contributed by atoms with E-state index in [2.05, 4.69) is 15.0 Å². The third-order valence-electron chi connectivity index (χ3n) is 2.66. The Labute approximate surface area is 118 Å². The smallest absolute Gasteiger partial charge is 0.225 e. The van der Waals surface area contributed by atoms with E-state index in [4.69, 9.17) is 23.2 Å². The zero-order valence-electron chi connectivity index (χ0n) is 9.59. The lowest BCUT2D eigenvalue weighted by atomic mass is 10.2. The molecule has 0 unspecified atom stereocenters. The second kappa shape index (κ2) is 4.68. The van der Waals surface area contributed by atoms with Crippen molar-refractivity contribution in [3.8, 4) is 5.75 Å². The van der Waals surface area contributed by atoms with Crippen molar-refractivity contribution in [2.75, 3.05) is 0 Å². The van der Waals surface area contributed by atoms with Crippen molar-refractivity contribution < 1.29 is 5.11 Å². The molecule has 0 radical (unpaired) electrons. The van der Waals surface area contributed by atoms with Crippen LogP contribution < -0.4 is 0 Å². The van der Waals surface area contributed by atoms with Gasteiger partial charge in [0.1, 0.15) is 11.3 Å². The summed E-state index contributed by atoms with van der Waals surface area (Å²) in [7, 11) is 0. The highest BCUT2D eigenvalue weighted by Gasteiger charge is 2.11. The van der Waals surface area contributed by atoms with Crippen molar-refractivity contribution >= 4 is 34.4 Å². The van der Waals surface area contributed by atoms with Crippen molar-refractivity contribution in [1.29, 1.82) is 0 Å². The van der Waals surface area contributed by atoms with Gasteiger partial charge in [0.15, 0.2) is 10.8 Å². The Kier molecular flexibility index (Phi) is 3.00. The summed E-state index contributed by atoms with van der Waals surface area (Å²) in [6, 6.07) is 6.97. The summed E-state index contributed by atoms with van der Waals surface area (Å²) in [5.74, 6) is 0.215.